The van der Waals surface area contributed by atoms with Crippen molar-refractivity contribution in [1.29, 1.82) is 0 Å². The maximum absolute atomic E-state index is 5.96. The topological polar surface area (TPSA) is 42.2 Å². The molecule has 1 saturated heterocycles. The van der Waals surface area contributed by atoms with Gasteiger partial charge in [0.15, 0.2) is 0 Å². The molecular weight excluding hydrogens is 210 g/mol. The van der Waals surface area contributed by atoms with Gasteiger partial charge in [0.2, 0.25) is 0 Å². The molecule has 2 rings (SSSR count). The number of nitrogens with two attached hydrogens (primary N) is 1. The number of rotatable bonds is 3. The van der Waals surface area contributed by atoms with Crippen LogP contribution >= 0.6 is 0 Å². The lowest BCUT2D eigenvalue weighted by Gasteiger charge is -2.33. The maximum Gasteiger partial charge on any atom is 0.0417 e. The molecule has 0 amide bonds. The number of aromatic nitrogens is 1. The fraction of sp³-hybridized carbons (Fsp3) is 0.643. The van der Waals surface area contributed by atoms with E-state index < -0.39 is 0 Å². The summed E-state index contributed by atoms with van der Waals surface area (Å²) in [6, 6.07) is 4.55. The van der Waals surface area contributed by atoms with E-state index in [1.165, 1.54) is 31.5 Å². The third-order valence-electron chi connectivity index (χ3n) is 3.89. The maximum atomic E-state index is 5.96. The van der Waals surface area contributed by atoms with Crippen LogP contribution in [0.2, 0.25) is 0 Å². The predicted octanol–water partition coefficient (Wildman–Crippen LogP) is 1.95. The van der Waals surface area contributed by atoms with E-state index in [0.29, 0.717) is 12.0 Å². The fourth-order valence-electron chi connectivity index (χ4n) is 2.56. The molecule has 1 aromatic heterocycles. The first-order valence-corrected chi connectivity index (χ1v) is 6.55. The zero-order chi connectivity index (χ0) is 12.3. The molecule has 94 valence electrons. The van der Waals surface area contributed by atoms with Crippen molar-refractivity contribution in [2.75, 3.05) is 13.1 Å². The highest BCUT2D eigenvalue weighted by atomic mass is 15.1. The molecule has 2 heterocycles. The van der Waals surface area contributed by atoms with Gasteiger partial charge in [-0.1, -0.05) is 6.07 Å². The van der Waals surface area contributed by atoms with Crippen LogP contribution in [0.5, 0.6) is 0 Å². The molecule has 0 aliphatic carbocycles. The van der Waals surface area contributed by atoms with Crippen LogP contribution < -0.4 is 5.73 Å². The molecule has 1 atom stereocenters. The van der Waals surface area contributed by atoms with Crippen LogP contribution in [-0.2, 0) is 6.54 Å². The predicted molar refractivity (Wildman–Crippen MR) is 70.6 cm³/mol. The van der Waals surface area contributed by atoms with E-state index >= 15 is 0 Å². The highest BCUT2D eigenvalue weighted by molar-refractivity contribution is 5.18. The average molecular weight is 233 g/mol. The lowest BCUT2D eigenvalue weighted by Crippen LogP contribution is -2.39. The highest BCUT2D eigenvalue weighted by Crippen LogP contribution is 2.21. The van der Waals surface area contributed by atoms with Gasteiger partial charge in [0.1, 0.15) is 0 Å². The molecule has 3 heteroatoms. The Hall–Kier alpha value is -0.930. The van der Waals surface area contributed by atoms with Crippen molar-refractivity contribution in [3.05, 3.63) is 29.6 Å². The Balaban J connectivity index is 1.88. The summed E-state index contributed by atoms with van der Waals surface area (Å²) in [4.78, 5) is 6.86. The van der Waals surface area contributed by atoms with Crippen LogP contribution in [-0.4, -0.2) is 29.0 Å². The molecule has 1 unspecified atom stereocenters. The summed E-state index contributed by atoms with van der Waals surface area (Å²) in [5.74, 6) is 0.709. The Morgan fingerprint density at radius 1 is 1.47 bits per heavy atom. The Kier molecular flexibility index (Phi) is 4.13. The summed E-state index contributed by atoms with van der Waals surface area (Å²) in [6.45, 7) is 7.59. The summed E-state index contributed by atoms with van der Waals surface area (Å²) in [6.07, 6.45) is 4.33. The second-order valence-electron chi connectivity index (χ2n) is 5.22. The molecule has 0 bridgehead atoms. The van der Waals surface area contributed by atoms with E-state index in [1.54, 1.807) is 0 Å². The lowest BCUT2D eigenvalue weighted by molar-refractivity contribution is 0.165. The molecule has 1 fully saturated rings. The van der Waals surface area contributed by atoms with Crippen LogP contribution in [0.1, 0.15) is 31.0 Å². The minimum atomic E-state index is 0.345. The van der Waals surface area contributed by atoms with Gasteiger partial charge in [0.05, 0.1) is 0 Å². The summed E-state index contributed by atoms with van der Waals surface area (Å²) >= 11 is 0. The third kappa shape index (κ3) is 3.27. The van der Waals surface area contributed by atoms with Crippen molar-refractivity contribution in [2.45, 2.75) is 39.3 Å². The van der Waals surface area contributed by atoms with Crippen molar-refractivity contribution in [3.63, 3.8) is 0 Å². The van der Waals surface area contributed by atoms with Crippen molar-refractivity contribution >= 4 is 0 Å². The molecule has 17 heavy (non-hydrogen) atoms. The number of pyridine rings is 1. The monoisotopic (exact) mass is 233 g/mol. The molecule has 1 aliphatic rings. The Morgan fingerprint density at radius 2 is 2.18 bits per heavy atom. The number of likely N-dealkylation sites (tertiary alicyclic amines) is 1. The van der Waals surface area contributed by atoms with Crippen molar-refractivity contribution in [3.8, 4) is 0 Å². The van der Waals surface area contributed by atoms with Crippen LogP contribution in [0.4, 0.5) is 0 Å². The molecule has 1 aliphatic heterocycles. The summed E-state index contributed by atoms with van der Waals surface area (Å²) in [7, 11) is 0. The molecule has 0 spiro atoms. The lowest BCUT2D eigenvalue weighted by atomic mass is 9.91. The van der Waals surface area contributed by atoms with Crippen LogP contribution in [0.25, 0.3) is 0 Å². The van der Waals surface area contributed by atoms with Crippen molar-refractivity contribution in [2.24, 2.45) is 11.7 Å². The highest BCUT2D eigenvalue weighted by Gasteiger charge is 2.21. The minimum Gasteiger partial charge on any atom is -0.328 e. The van der Waals surface area contributed by atoms with Gasteiger partial charge in [-0.25, -0.2) is 0 Å². The number of hydrogen-bond donors (Lipinski definition) is 1. The number of nitrogens with zero attached hydrogens (tertiary/aromatic N) is 2. The summed E-state index contributed by atoms with van der Waals surface area (Å²) < 4.78 is 0. The standard InChI is InChI=1S/C14H23N3/c1-11(15)13-5-8-17(9-6-13)10-14-4-3-7-16-12(14)2/h3-4,7,11,13H,5-6,8-10,15H2,1-2H3. The van der Waals surface area contributed by atoms with Gasteiger partial charge in [-0.15, -0.1) is 0 Å². The first kappa shape index (κ1) is 12.5. The first-order chi connectivity index (χ1) is 8.16. The summed E-state index contributed by atoms with van der Waals surface area (Å²) in [5, 5.41) is 0. The smallest absolute Gasteiger partial charge is 0.0417 e. The minimum absolute atomic E-state index is 0.345. The van der Waals surface area contributed by atoms with Crippen molar-refractivity contribution in [1.82, 2.24) is 9.88 Å². The van der Waals surface area contributed by atoms with Gasteiger partial charge < -0.3 is 5.73 Å². The Labute approximate surface area is 104 Å². The summed E-state index contributed by atoms with van der Waals surface area (Å²) in [5.41, 5.74) is 8.47. The largest absolute Gasteiger partial charge is 0.328 e. The zero-order valence-corrected chi connectivity index (χ0v) is 10.9. The molecule has 0 saturated carbocycles. The number of aryl methyl sites for hydroxylation is 1. The van der Waals surface area contributed by atoms with Crippen LogP contribution in [0, 0.1) is 12.8 Å². The van der Waals surface area contributed by atoms with Crippen molar-refractivity contribution < 1.29 is 0 Å². The third-order valence-corrected chi connectivity index (χ3v) is 3.89. The zero-order valence-electron chi connectivity index (χ0n) is 10.9. The first-order valence-electron chi connectivity index (χ1n) is 6.55. The molecule has 1 aromatic rings. The van der Waals surface area contributed by atoms with Gasteiger partial charge in [-0.2, -0.15) is 0 Å². The fourth-order valence-corrected chi connectivity index (χ4v) is 2.56. The van der Waals surface area contributed by atoms with E-state index in [0.717, 1.165) is 12.2 Å². The van der Waals surface area contributed by atoms with E-state index in [2.05, 4.69) is 29.8 Å². The van der Waals surface area contributed by atoms with Gasteiger partial charge in [-0.3, -0.25) is 9.88 Å². The molecule has 2 N–H and O–H groups in total. The number of piperidine rings is 1. The van der Waals surface area contributed by atoms with E-state index in [1.807, 2.05) is 12.3 Å². The molecule has 3 nitrogen and oxygen atoms in total. The average Bonchev–Trinajstić information content (AvgIpc) is 2.33. The van der Waals surface area contributed by atoms with Gasteiger partial charge >= 0.3 is 0 Å². The van der Waals surface area contributed by atoms with Crippen LogP contribution in [0.15, 0.2) is 18.3 Å². The van der Waals surface area contributed by atoms with Gasteiger partial charge in [-0.05, 0) is 57.3 Å². The van der Waals surface area contributed by atoms with E-state index in [4.69, 9.17) is 5.73 Å². The Morgan fingerprint density at radius 3 is 2.76 bits per heavy atom. The SMILES string of the molecule is Cc1ncccc1CN1CCC(C(C)N)CC1. The molecular formula is C14H23N3. The second-order valence-corrected chi connectivity index (χ2v) is 5.22. The second kappa shape index (κ2) is 5.61. The quantitative estimate of drug-likeness (QED) is 0.867. The number of hydrogen-bond acceptors (Lipinski definition) is 3. The van der Waals surface area contributed by atoms with Gasteiger partial charge in [0.25, 0.3) is 0 Å². The molecule has 0 radical (unpaired) electrons. The normalized spacial score (nSPS) is 20.4. The van der Waals surface area contributed by atoms with Gasteiger partial charge in [0, 0.05) is 24.5 Å². The molecule has 0 aromatic carbocycles. The van der Waals surface area contributed by atoms with E-state index in [9.17, 15) is 0 Å². The van der Waals surface area contributed by atoms with Crippen LogP contribution in [0.3, 0.4) is 0 Å². The van der Waals surface area contributed by atoms with E-state index in [-0.39, 0.29) is 0 Å². The Bertz CT molecular complexity index is 354.